The summed E-state index contributed by atoms with van der Waals surface area (Å²) in [5, 5.41) is 0. The van der Waals surface area contributed by atoms with Crippen LogP contribution in [0.5, 0.6) is 0 Å². The number of rotatable bonds is 4. The first-order valence-electron chi connectivity index (χ1n) is 4.92. The van der Waals surface area contributed by atoms with Gasteiger partial charge in [-0.2, -0.15) is 8.42 Å². The van der Waals surface area contributed by atoms with Gasteiger partial charge in [0.2, 0.25) is 0 Å². The van der Waals surface area contributed by atoms with Gasteiger partial charge in [0.25, 0.3) is 10.1 Å². The summed E-state index contributed by atoms with van der Waals surface area (Å²) in [6.45, 7) is 4.95. The molecule has 0 amide bonds. The molecule has 0 saturated heterocycles. The minimum absolute atomic E-state index is 0.00275. The molecule has 4 nitrogen and oxygen atoms in total. The monoisotopic (exact) mass is 264 g/mol. The number of hydrogen-bond acceptors (Lipinski definition) is 4. The molecule has 0 atom stereocenters. The van der Waals surface area contributed by atoms with Crippen molar-refractivity contribution in [1.82, 2.24) is 0 Å². The fourth-order valence-corrected chi connectivity index (χ4v) is 1.69. The fraction of sp³-hybridized carbons (Fsp3) is 0.182. The molecule has 17 heavy (non-hydrogen) atoms. The van der Waals surface area contributed by atoms with E-state index in [9.17, 15) is 13.2 Å². The first kappa shape index (κ1) is 16.5. The van der Waals surface area contributed by atoms with E-state index in [4.69, 9.17) is 0 Å². The fourth-order valence-electron chi connectivity index (χ4n) is 0.793. The Labute approximate surface area is 119 Å². The number of carbonyl (C=O) groups excluding carboxylic acids is 1. The van der Waals surface area contributed by atoms with Gasteiger partial charge < -0.3 is 0 Å². The Morgan fingerprint density at radius 2 is 1.88 bits per heavy atom. The third-order valence-corrected chi connectivity index (χ3v) is 2.67. The summed E-state index contributed by atoms with van der Waals surface area (Å²) in [5.41, 5.74) is 0. The molecule has 6 heteroatoms. The molecule has 0 aliphatic rings. The van der Waals surface area contributed by atoms with E-state index in [1.54, 1.807) is 25.1 Å². The topological polar surface area (TPSA) is 60.4 Å². The summed E-state index contributed by atoms with van der Waals surface area (Å²) in [4.78, 5) is 9.67. The van der Waals surface area contributed by atoms with Gasteiger partial charge in [0, 0.05) is 0 Å². The van der Waals surface area contributed by atoms with Crippen molar-refractivity contribution in [3.8, 4) is 0 Å². The third kappa shape index (κ3) is 8.29. The molecule has 0 aliphatic carbocycles. The summed E-state index contributed by atoms with van der Waals surface area (Å²) >= 11 is 0.710. The van der Waals surface area contributed by atoms with Crippen molar-refractivity contribution in [1.29, 1.82) is 0 Å². The van der Waals surface area contributed by atoms with E-state index in [0.29, 0.717) is 31.0 Å². The second kappa shape index (κ2) is 8.60. The van der Waals surface area contributed by atoms with Crippen LogP contribution < -0.4 is 0 Å². The van der Waals surface area contributed by atoms with Crippen molar-refractivity contribution in [3.63, 3.8) is 0 Å². The molecule has 0 fully saturated rings. The molecular weight excluding hydrogens is 251 g/mol. The Morgan fingerprint density at radius 3 is 2.29 bits per heavy atom. The molecule has 0 unspecified atom stereocenters. The number of benzene rings is 1. The first-order valence-corrected chi connectivity index (χ1v) is 7.33. The van der Waals surface area contributed by atoms with Crippen LogP contribution in [0.2, 0.25) is 0 Å². The van der Waals surface area contributed by atoms with Crippen LogP contribution in [0.15, 0.2) is 47.9 Å². The van der Waals surface area contributed by atoms with Crippen LogP contribution in [0.3, 0.4) is 0 Å². The second-order valence-corrected chi connectivity index (χ2v) is 6.27. The SMILES string of the molecule is C=CCOS(=O)(=O)c1ccccc1.C[C](=O)[Na]. The van der Waals surface area contributed by atoms with Crippen molar-refractivity contribution in [2.45, 2.75) is 11.8 Å². The van der Waals surface area contributed by atoms with Crippen molar-refractivity contribution in [3.05, 3.63) is 43.0 Å². The Kier molecular flexibility index (Phi) is 8.37. The van der Waals surface area contributed by atoms with Crippen LogP contribution >= 0.6 is 0 Å². The predicted molar refractivity (Wildman–Crippen MR) is 66.2 cm³/mol. The van der Waals surface area contributed by atoms with E-state index in [2.05, 4.69) is 10.8 Å². The van der Waals surface area contributed by atoms with E-state index >= 15 is 0 Å². The van der Waals surface area contributed by atoms with Gasteiger partial charge in [-0.15, -0.1) is 6.58 Å². The predicted octanol–water partition coefficient (Wildman–Crippen LogP) is 1.28. The van der Waals surface area contributed by atoms with Crippen molar-refractivity contribution < 1.29 is 17.4 Å². The van der Waals surface area contributed by atoms with Crippen LogP contribution in [0.1, 0.15) is 6.92 Å². The average molecular weight is 264 g/mol. The molecule has 88 valence electrons. The normalized spacial score (nSPS) is 10.1. The van der Waals surface area contributed by atoms with E-state index in [1.165, 1.54) is 18.2 Å². The van der Waals surface area contributed by atoms with Gasteiger partial charge >= 0.3 is 42.7 Å². The van der Waals surface area contributed by atoms with Gasteiger partial charge in [0.15, 0.2) is 0 Å². The summed E-state index contributed by atoms with van der Waals surface area (Å²) in [5.74, 6) is 0. The van der Waals surface area contributed by atoms with Crippen molar-refractivity contribution in [2.75, 3.05) is 6.61 Å². The molecule has 0 aromatic heterocycles. The van der Waals surface area contributed by atoms with Gasteiger partial charge in [-0.1, -0.05) is 24.3 Å². The molecular formula is C11H13NaO4S. The first-order chi connectivity index (χ1) is 7.90. The Hall–Kier alpha value is -0.460. The van der Waals surface area contributed by atoms with Gasteiger partial charge in [0.1, 0.15) is 0 Å². The molecule has 0 N–H and O–H groups in total. The summed E-state index contributed by atoms with van der Waals surface area (Å²) < 4.78 is 27.6. The van der Waals surface area contributed by atoms with Crippen LogP contribution in [-0.4, -0.2) is 46.0 Å². The van der Waals surface area contributed by atoms with Gasteiger partial charge in [0.05, 0.1) is 11.5 Å². The van der Waals surface area contributed by atoms with E-state index < -0.39 is 10.1 Å². The Balaban J connectivity index is 0.000000557. The molecule has 1 aromatic rings. The van der Waals surface area contributed by atoms with E-state index in [1.807, 2.05) is 0 Å². The second-order valence-electron chi connectivity index (χ2n) is 3.25. The van der Waals surface area contributed by atoms with Gasteiger partial charge in [-0.25, -0.2) is 0 Å². The molecule has 1 aromatic carbocycles. The Bertz CT molecular complexity index is 450. The standard InChI is InChI=1S/C9H10O3S.C2H3O.Na/c1-2-8-12-13(10,11)9-6-4-3-5-7-9;1-2-3;/h2-7H,1,8H2;1H3;. The molecule has 0 spiro atoms. The third-order valence-electron chi connectivity index (χ3n) is 1.37. The molecule has 0 saturated carbocycles. The molecule has 0 heterocycles. The van der Waals surface area contributed by atoms with Crippen LogP contribution in [0.25, 0.3) is 0 Å². The molecule has 0 aliphatic heterocycles. The van der Waals surface area contributed by atoms with Crippen LogP contribution in [0, 0.1) is 0 Å². The van der Waals surface area contributed by atoms with Gasteiger partial charge in [-0.05, 0) is 12.1 Å². The molecule has 1 rings (SSSR count). The zero-order chi connectivity index (χ0) is 13.3. The maximum absolute atomic E-state index is 11.3. The van der Waals surface area contributed by atoms with Crippen molar-refractivity contribution >= 4 is 41.1 Å². The Morgan fingerprint density at radius 1 is 1.41 bits per heavy atom. The summed E-state index contributed by atoms with van der Waals surface area (Å²) in [6, 6.07) is 8.00. The summed E-state index contributed by atoms with van der Waals surface area (Å²) in [7, 11) is -3.59. The number of hydrogen-bond donors (Lipinski definition) is 0. The maximum atomic E-state index is 11.3. The van der Waals surface area contributed by atoms with E-state index in [0.717, 1.165) is 0 Å². The van der Waals surface area contributed by atoms with Gasteiger partial charge in [-0.3, -0.25) is 4.18 Å². The van der Waals surface area contributed by atoms with E-state index in [-0.39, 0.29) is 11.5 Å². The minimum atomic E-state index is -3.59. The summed E-state index contributed by atoms with van der Waals surface area (Å²) in [6.07, 6.45) is 1.39. The molecule has 0 radical (unpaired) electrons. The quantitative estimate of drug-likeness (QED) is 0.467. The molecule has 0 bridgehead atoms. The van der Waals surface area contributed by atoms with Crippen LogP contribution in [-0.2, 0) is 19.1 Å². The van der Waals surface area contributed by atoms with Crippen molar-refractivity contribution in [2.24, 2.45) is 0 Å². The zero-order valence-corrected chi connectivity index (χ0v) is 12.7. The number of carbonyl (C=O) groups is 1. The average Bonchev–Trinajstić information content (AvgIpc) is 2.27. The van der Waals surface area contributed by atoms with Crippen LogP contribution in [0.4, 0.5) is 0 Å². The zero-order valence-electron chi connectivity index (χ0n) is 9.92.